The lowest BCUT2D eigenvalue weighted by atomic mass is 10.1. The van der Waals surface area contributed by atoms with Crippen LogP contribution in [-0.2, 0) is 0 Å². The van der Waals surface area contributed by atoms with E-state index >= 15 is 0 Å². The monoisotopic (exact) mass is 304 g/mol. The lowest BCUT2D eigenvalue weighted by Gasteiger charge is -2.23. The summed E-state index contributed by atoms with van der Waals surface area (Å²) in [5.41, 5.74) is 11.5. The minimum atomic E-state index is 0.802. The van der Waals surface area contributed by atoms with Gasteiger partial charge in [0.15, 0.2) is 0 Å². The Balaban J connectivity index is 2.50. The van der Waals surface area contributed by atoms with Gasteiger partial charge in [-0.3, -0.25) is 0 Å². The number of anilines is 3. The zero-order chi connectivity index (χ0) is 13.3. The van der Waals surface area contributed by atoms with Crippen LogP contribution < -0.4 is 10.6 Å². The summed E-state index contributed by atoms with van der Waals surface area (Å²) in [6, 6.07) is 12.3. The summed E-state index contributed by atoms with van der Waals surface area (Å²) >= 11 is 3.57. The van der Waals surface area contributed by atoms with Crippen LogP contribution in [0.3, 0.4) is 0 Å². The zero-order valence-electron chi connectivity index (χ0n) is 10.9. The van der Waals surface area contributed by atoms with Crippen LogP contribution in [0, 0.1) is 13.8 Å². The van der Waals surface area contributed by atoms with E-state index in [9.17, 15) is 0 Å². The van der Waals surface area contributed by atoms with E-state index in [0.29, 0.717) is 0 Å². The third kappa shape index (κ3) is 2.36. The van der Waals surface area contributed by atoms with E-state index in [4.69, 9.17) is 5.73 Å². The standard InChI is InChI=1S/C15H17BrN2/c1-10-8-13(17)15(9-11(10)2)18(3)14-7-5-4-6-12(14)16/h4-9H,17H2,1-3H3. The van der Waals surface area contributed by atoms with Crippen molar-refractivity contribution in [3.05, 3.63) is 52.0 Å². The first-order chi connectivity index (χ1) is 8.50. The number of halogens is 1. The fourth-order valence-corrected chi connectivity index (χ4v) is 2.52. The Bertz CT molecular complexity index is 579. The first kappa shape index (κ1) is 13.0. The maximum Gasteiger partial charge on any atom is 0.0644 e. The lowest BCUT2D eigenvalue weighted by molar-refractivity contribution is 1.19. The Morgan fingerprint density at radius 3 is 2.28 bits per heavy atom. The van der Waals surface area contributed by atoms with Crippen molar-refractivity contribution in [2.24, 2.45) is 0 Å². The van der Waals surface area contributed by atoms with Crippen LogP contribution in [0.5, 0.6) is 0 Å². The van der Waals surface area contributed by atoms with Crippen molar-refractivity contribution in [1.29, 1.82) is 0 Å². The number of nitrogens with zero attached hydrogens (tertiary/aromatic N) is 1. The Labute approximate surface area is 117 Å². The number of benzene rings is 2. The molecule has 18 heavy (non-hydrogen) atoms. The van der Waals surface area contributed by atoms with Gasteiger partial charge in [0.05, 0.1) is 17.1 Å². The molecule has 2 aromatic rings. The molecule has 0 aliphatic rings. The molecule has 0 radical (unpaired) electrons. The van der Waals surface area contributed by atoms with Crippen molar-refractivity contribution in [1.82, 2.24) is 0 Å². The highest BCUT2D eigenvalue weighted by Crippen LogP contribution is 2.34. The Morgan fingerprint density at radius 2 is 1.61 bits per heavy atom. The van der Waals surface area contributed by atoms with Crippen LogP contribution in [0.25, 0.3) is 0 Å². The molecular weight excluding hydrogens is 288 g/mol. The van der Waals surface area contributed by atoms with E-state index in [-0.39, 0.29) is 0 Å². The van der Waals surface area contributed by atoms with Gasteiger partial charge in [-0.25, -0.2) is 0 Å². The molecule has 0 aromatic heterocycles. The molecule has 2 N–H and O–H groups in total. The van der Waals surface area contributed by atoms with Gasteiger partial charge < -0.3 is 10.6 Å². The van der Waals surface area contributed by atoms with Gasteiger partial charge in [-0.05, 0) is 65.2 Å². The predicted octanol–water partition coefficient (Wildman–Crippen LogP) is 4.42. The molecule has 0 atom stereocenters. The van der Waals surface area contributed by atoms with Gasteiger partial charge in [-0.1, -0.05) is 12.1 Å². The van der Waals surface area contributed by atoms with Crippen LogP contribution in [0.15, 0.2) is 40.9 Å². The van der Waals surface area contributed by atoms with Gasteiger partial charge in [-0.2, -0.15) is 0 Å². The Kier molecular flexibility index (Phi) is 3.62. The summed E-state index contributed by atoms with van der Waals surface area (Å²) in [7, 11) is 2.03. The highest BCUT2D eigenvalue weighted by Gasteiger charge is 2.11. The highest BCUT2D eigenvalue weighted by molar-refractivity contribution is 9.10. The fraction of sp³-hybridized carbons (Fsp3) is 0.200. The summed E-state index contributed by atoms with van der Waals surface area (Å²) in [6.07, 6.45) is 0. The molecule has 0 bridgehead atoms. The molecule has 0 amide bonds. The molecule has 0 spiro atoms. The van der Waals surface area contributed by atoms with Crippen LogP contribution in [0.1, 0.15) is 11.1 Å². The van der Waals surface area contributed by atoms with Gasteiger partial charge in [-0.15, -0.1) is 0 Å². The quantitative estimate of drug-likeness (QED) is 0.832. The molecule has 0 aliphatic carbocycles. The molecule has 2 aromatic carbocycles. The molecule has 0 aliphatic heterocycles. The van der Waals surface area contributed by atoms with Gasteiger partial charge in [0.1, 0.15) is 0 Å². The molecule has 2 rings (SSSR count). The normalized spacial score (nSPS) is 10.4. The van der Waals surface area contributed by atoms with Crippen LogP contribution in [0.4, 0.5) is 17.1 Å². The second kappa shape index (κ2) is 5.02. The lowest BCUT2D eigenvalue weighted by Crippen LogP contribution is -2.12. The molecule has 0 heterocycles. The van der Waals surface area contributed by atoms with E-state index in [1.54, 1.807) is 0 Å². The summed E-state index contributed by atoms with van der Waals surface area (Å²) in [4.78, 5) is 2.10. The number of nitrogen functional groups attached to an aromatic ring is 1. The molecule has 94 valence electrons. The van der Waals surface area contributed by atoms with Crippen molar-refractivity contribution >= 4 is 33.0 Å². The van der Waals surface area contributed by atoms with E-state index in [1.807, 2.05) is 31.3 Å². The molecule has 2 nitrogen and oxygen atoms in total. The number of nitrogens with two attached hydrogens (primary N) is 1. The summed E-state index contributed by atoms with van der Waals surface area (Å²) in [5.74, 6) is 0. The Hall–Kier alpha value is -1.48. The molecule has 0 saturated carbocycles. The van der Waals surface area contributed by atoms with E-state index < -0.39 is 0 Å². The number of rotatable bonds is 2. The maximum atomic E-state index is 6.12. The van der Waals surface area contributed by atoms with Crippen molar-refractivity contribution in [3.63, 3.8) is 0 Å². The number of aryl methyl sites for hydroxylation is 2. The average Bonchev–Trinajstić information content (AvgIpc) is 2.33. The van der Waals surface area contributed by atoms with Crippen molar-refractivity contribution in [2.45, 2.75) is 13.8 Å². The first-order valence-corrected chi connectivity index (χ1v) is 6.65. The summed E-state index contributed by atoms with van der Waals surface area (Å²) < 4.78 is 1.06. The van der Waals surface area contributed by atoms with Crippen molar-refractivity contribution in [3.8, 4) is 0 Å². The first-order valence-electron chi connectivity index (χ1n) is 5.85. The van der Waals surface area contributed by atoms with Crippen LogP contribution >= 0.6 is 15.9 Å². The molecular formula is C15H17BrN2. The van der Waals surface area contributed by atoms with Gasteiger partial charge in [0, 0.05) is 11.5 Å². The zero-order valence-corrected chi connectivity index (χ0v) is 12.5. The fourth-order valence-electron chi connectivity index (χ4n) is 1.97. The molecule has 0 fully saturated rings. The number of hydrogen-bond acceptors (Lipinski definition) is 2. The highest BCUT2D eigenvalue weighted by atomic mass is 79.9. The SMILES string of the molecule is Cc1cc(N)c(N(C)c2ccccc2Br)cc1C. The minimum absolute atomic E-state index is 0.802. The molecule has 0 saturated heterocycles. The van der Waals surface area contributed by atoms with Gasteiger partial charge >= 0.3 is 0 Å². The predicted molar refractivity (Wildman–Crippen MR) is 82.5 cm³/mol. The molecule has 3 heteroatoms. The largest absolute Gasteiger partial charge is 0.397 e. The third-order valence-electron chi connectivity index (χ3n) is 3.22. The second-order valence-corrected chi connectivity index (χ2v) is 5.36. The van der Waals surface area contributed by atoms with Gasteiger partial charge in [0.25, 0.3) is 0 Å². The topological polar surface area (TPSA) is 29.3 Å². The van der Waals surface area contributed by atoms with Crippen LogP contribution in [0.2, 0.25) is 0 Å². The van der Waals surface area contributed by atoms with E-state index in [2.05, 4.69) is 46.8 Å². The summed E-state index contributed by atoms with van der Waals surface area (Å²) in [5, 5.41) is 0. The third-order valence-corrected chi connectivity index (χ3v) is 3.89. The van der Waals surface area contributed by atoms with Crippen molar-refractivity contribution < 1.29 is 0 Å². The average molecular weight is 305 g/mol. The summed E-state index contributed by atoms with van der Waals surface area (Å²) in [6.45, 7) is 4.18. The molecule has 0 unspecified atom stereocenters. The van der Waals surface area contributed by atoms with E-state index in [0.717, 1.165) is 21.5 Å². The Morgan fingerprint density at radius 1 is 1.00 bits per heavy atom. The van der Waals surface area contributed by atoms with Crippen LogP contribution in [-0.4, -0.2) is 7.05 Å². The van der Waals surface area contributed by atoms with Gasteiger partial charge in [0.2, 0.25) is 0 Å². The second-order valence-electron chi connectivity index (χ2n) is 4.51. The van der Waals surface area contributed by atoms with Crippen molar-refractivity contribution in [2.75, 3.05) is 17.7 Å². The maximum absolute atomic E-state index is 6.12. The smallest absolute Gasteiger partial charge is 0.0644 e. The van der Waals surface area contributed by atoms with E-state index in [1.165, 1.54) is 11.1 Å². The number of para-hydroxylation sites is 1. The minimum Gasteiger partial charge on any atom is -0.397 e. The number of hydrogen-bond donors (Lipinski definition) is 1.